The molecule has 0 aliphatic carbocycles. The van der Waals surface area contributed by atoms with Crippen molar-refractivity contribution in [1.82, 2.24) is 14.8 Å². The van der Waals surface area contributed by atoms with Gasteiger partial charge in [0.2, 0.25) is 0 Å². The molecule has 0 atom stereocenters. The molecule has 1 fully saturated rings. The topological polar surface area (TPSA) is 36.4 Å². The maximum atomic E-state index is 12.2. The fourth-order valence-electron chi connectivity index (χ4n) is 1.95. The van der Waals surface area contributed by atoms with E-state index < -0.39 is 0 Å². The van der Waals surface area contributed by atoms with Gasteiger partial charge in [0, 0.05) is 32.4 Å². The van der Waals surface area contributed by atoms with Gasteiger partial charge in [-0.25, -0.2) is 4.98 Å². The molecule has 0 bridgehead atoms. The molecule has 0 N–H and O–H groups in total. The van der Waals surface area contributed by atoms with Crippen molar-refractivity contribution in [3.05, 3.63) is 29.0 Å². The number of piperazine rings is 1. The number of halogens is 1. The summed E-state index contributed by atoms with van der Waals surface area (Å²) in [5.41, 5.74) is 0.463. The third-order valence-corrected chi connectivity index (χ3v) is 3.27. The van der Waals surface area contributed by atoms with Gasteiger partial charge in [0.05, 0.1) is 12.1 Å². The summed E-state index contributed by atoms with van der Waals surface area (Å²) in [4.78, 5) is 20.1. The molecule has 5 heteroatoms. The van der Waals surface area contributed by atoms with Gasteiger partial charge in [-0.2, -0.15) is 0 Å². The first kappa shape index (κ1) is 12.9. The molecule has 1 saturated heterocycles. The monoisotopic (exact) mass is 263 g/mol. The number of rotatable bonds is 2. The van der Waals surface area contributed by atoms with Crippen molar-refractivity contribution in [2.24, 2.45) is 0 Å². The van der Waals surface area contributed by atoms with E-state index in [1.807, 2.05) is 0 Å². The van der Waals surface area contributed by atoms with Crippen LogP contribution in [0.3, 0.4) is 0 Å². The molecular formula is C13H14ClN3O. The van der Waals surface area contributed by atoms with Crippen molar-refractivity contribution >= 4 is 17.5 Å². The van der Waals surface area contributed by atoms with E-state index in [0.717, 1.165) is 13.1 Å². The van der Waals surface area contributed by atoms with Crippen LogP contribution in [0.2, 0.25) is 5.15 Å². The maximum Gasteiger partial charge on any atom is 0.257 e. The van der Waals surface area contributed by atoms with E-state index >= 15 is 0 Å². The first-order valence-electron chi connectivity index (χ1n) is 5.78. The second kappa shape index (κ2) is 5.85. The van der Waals surface area contributed by atoms with Crippen LogP contribution in [0, 0.1) is 12.3 Å². The second-order valence-electron chi connectivity index (χ2n) is 4.11. The van der Waals surface area contributed by atoms with Crippen molar-refractivity contribution in [1.29, 1.82) is 0 Å². The minimum atomic E-state index is -0.0616. The lowest BCUT2D eigenvalue weighted by molar-refractivity contribution is 0.0652. The van der Waals surface area contributed by atoms with E-state index in [2.05, 4.69) is 15.8 Å². The minimum absolute atomic E-state index is 0.0616. The van der Waals surface area contributed by atoms with Crippen molar-refractivity contribution in [2.45, 2.75) is 0 Å². The molecule has 1 amide bonds. The molecule has 18 heavy (non-hydrogen) atoms. The normalized spacial score (nSPS) is 16.3. The number of carbonyl (C=O) groups excluding carboxylic acids is 1. The average Bonchev–Trinajstić information content (AvgIpc) is 2.40. The highest BCUT2D eigenvalue weighted by molar-refractivity contribution is 6.32. The van der Waals surface area contributed by atoms with E-state index in [9.17, 15) is 4.79 Å². The summed E-state index contributed by atoms with van der Waals surface area (Å²) in [7, 11) is 0. The summed E-state index contributed by atoms with van der Waals surface area (Å²) in [5, 5.41) is 0.258. The van der Waals surface area contributed by atoms with Crippen LogP contribution in [0.1, 0.15) is 10.4 Å². The summed E-state index contributed by atoms with van der Waals surface area (Å²) in [6.45, 7) is 3.58. The van der Waals surface area contributed by atoms with Gasteiger partial charge in [-0.15, -0.1) is 6.42 Å². The number of aromatic nitrogens is 1. The average molecular weight is 264 g/mol. The SMILES string of the molecule is C#CCN1CCN(C(=O)c2cccnc2Cl)CC1. The lowest BCUT2D eigenvalue weighted by Crippen LogP contribution is -2.48. The largest absolute Gasteiger partial charge is 0.336 e. The molecule has 1 aliphatic rings. The number of hydrogen-bond donors (Lipinski definition) is 0. The van der Waals surface area contributed by atoms with Gasteiger partial charge in [-0.05, 0) is 12.1 Å². The van der Waals surface area contributed by atoms with E-state index in [4.69, 9.17) is 18.0 Å². The van der Waals surface area contributed by atoms with Crippen LogP contribution >= 0.6 is 11.6 Å². The fourth-order valence-corrected chi connectivity index (χ4v) is 2.15. The molecule has 1 aromatic heterocycles. The first-order valence-corrected chi connectivity index (χ1v) is 6.16. The minimum Gasteiger partial charge on any atom is -0.336 e. The van der Waals surface area contributed by atoms with Crippen LogP contribution in [0.15, 0.2) is 18.3 Å². The molecule has 94 valence electrons. The zero-order valence-corrected chi connectivity index (χ0v) is 10.7. The lowest BCUT2D eigenvalue weighted by atomic mass is 10.2. The Morgan fingerprint density at radius 3 is 2.78 bits per heavy atom. The van der Waals surface area contributed by atoms with Crippen LogP contribution in [0.4, 0.5) is 0 Å². The van der Waals surface area contributed by atoms with E-state index in [-0.39, 0.29) is 11.1 Å². The molecule has 2 heterocycles. The molecule has 1 aliphatic heterocycles. The number of terminal acetylenes is 1. The zero-order chi connectivity index (χ0) is 13.0. The van der Waals surface area contributed by atoms with Crippen LogP contribution in [0.5, 0.6) is 0 Å². The molecule has 0 radical (unpaired) electrons. The fraction of sp³-hybridized carbons (Fsp3) is 0.385. The summed E-state index contributed by atoms with van der Waals surface area (Å²) in [5.74, 6) is 2.55. The van der Waals surface area contributed by atoms with Crippen LogP contribution < -0.4 is 0 Å². The van der Waals surface area contributed by atoms with Gasteiger partial charge in [-0.1, -0.05) is 17.5 Å². The number of hydrogen-bond acceptors (Lipinski definition) is 3. The van der Waals surface area contributed by atoms with Crippen LogP contribution in [-0.2, 0) is 0 Å². The van der Waals surface area contributed by atoms with Crippen molar-refractivity contribution < 1.29 is 4.79 Å². The Labute approximate surface area is 112 Å². The molecule has 4 nitrogen and oxygen atoms in total. The van der Waals surface area contributed by atoms with Gasteiger partial charge in [0.15, 0.2) is 0 Å². The zero-order valence-electron chi connectivity index (χ0n) is 9.97. The highest BCUT2D eigenvalue weighted by Crippen LogP contribution is 2.15. The predicted molar refractivity (Wildman–Crippen MR) is 70.4 cm³/mol. The van der Waals surface area contributed by atoms with Crippen molar-refractivity contribution in [3.8, 4) is 12.3 Å². The van der Waals surface area contributed by atoms with E-state index in [1.54, 1.807) is 23.2 Å². The quantitative estimate of drug-likeness (QED) is 0.593. The molecular weight excluding hydrogens is 250 g/mol. The molecule has 1 aromatic rings. The molecule has 0 aromatic carbocycles. The van der Waals surface area contributed by atoms with Crippen LogP contribution in [-0.4, -0.2) is 53.4 Å². The second-order valence-corrected chi connectivity index (χ2v) is 4.47. The number of pyridine rings is 1. The van der Waals surface area contributed by atoms with E-state index in [0.29, 0.717) is 25.2 Å². The van der Waals surface area contributed by atoms with Gasteiger partial charge in [0.1, 0.15) is 5.15 Å². The Morgan fingerprint density at radius 1 is 1.44 bits per heavy atom. The Bertz CT molecular complexity index is 475. The standard InChI is InChI=1S/C13H14ClN3O/c1-2-6-16-7-9-17(10-8-16)13(18)11-4-3-5-15-12(11)14/h1,3-5H,6-10H2. The number of nitrogens with zero attached hydrogens (tertiary/aromatic N) is 3. The molecule has 0 saturated carbocycles. The summed E-state index contributed by atoms with van der Waals surface area (Å²) >= 11 is 5.92. The van der Waals surface area contributed by atoms with Gasteiger partial charge >= 0.3 is 0 Å². The van der Waals surface area contributed by atoms with Gasteiger partial charge < -0.3 is 4.90 Å². The Hall–Kier alpha value is -1.57. The molecule has 0 unspecified atom stereocenters. The molecule has 2 rings (SSSR count). The highest BCUT2D eigenvalue weighted by Gasteiger charge is 2.23. The Morgan fingerprint density at radius 2 is 2.17 bits per heavy atom. The first-order chi connectivity index (χ1) is 8.72. The van der Waals surface area contributed by atoms with Crippen LogP contribution in [0.25, 0.3) is 0 Å². The Kier molecular flexibility index (Phi) is 4.19. The Balaban J connectivity index is 2.00. The third kappa shape index (κ3) is 2.81. The summed E-state index contributed by atoms with van der Waals surface area (Å²) in [6, 6.07) is 3.42. The van der Waals surface area contributed by atoms with E-state index in [1.165, 1.54) is 0 Å². The van der Waals surface area contributed by atoms with Gasteiger partial charge in [0.25, 0.3) is 5.91 Å². The van der Waals surface area contributed by atoms with Crippen molar-refractivity contribution in [3.63, 3.8) is 0 Å². The number of carbonyl (C=O) groups is 1. The third-order valence-electron chi connectivity index (χ3n) is 2.96. The summed E-state index contributed by atoms with van der Waals surface area (Å²) in [6.07, 6.45) is 6.84. The number of amides is 1. The smallest absolute Gasteiger partial charge is 0.257 e. The van der Waals surface area contributed by atoms with Crippen molar-refractivity contribution in [2.75, 3.05) is 32.7 Å². The lowest BCUT2D eigenvalue weighted by Gasteiger charge is -2.33. The van der Waals surface area contributed by atoms with Gasteiger partial charge in [-0.3, -0.25) is 9.69 Å². The predicted octanol–water partition coefficient (Wildman–Crippen LogP) is 1.13. The highest BCUT2D eigenvalue weighted by atomic mass is 35.5. The summed E-state index contributed by atoms with van der Waals surface area (Å²) < 4.78 is 0. The molecule has 0 spiro atoms. The maximum absolute atomic E-state index is 12.2.